The minimum atomic E-state index is -4.73. The number of halogens is 6. The minimum absolute atomic E-state index is 0.156. The van der Waals surface area contributed by atoms with Crippen molar-refractivity contribution in [2.45, 2.75) is 19.6 Å². The highest BCUT2D eigenvalue weighted by Crippen LogP contribution is 2.31. The van der Waals surface area contributed by atoms with Crippen LogP contribution in [0.25, 0.3) is 16.9 Å². The summed E-state index contributed by atoms with van der Waals surface area (Å²) < 4.78 is 83.6. The van der Waals surface area contributed by atoms with E-state index >= 15 is 4.39 Å². The molecule has 0 aliphatic heterocycles. The summed E-state index contributed by atoms with van der Waals surface area (Å²) in [5, 5.41) is 8.65. The SMILES string of the molecule is CC(=O)Nc1cn2nc(-c3c(F)ccc(C(=O)NCc4cc(C(F)(F)F)ccc4F)c3F)ccc2n1. The standard InChI is InChI=1S/C23H15F6N5O2/c1-11(35)31-18-10-34-19(32-18)7-6-17(33-34)20-16(25)5-3-14(21(20)26)22(36)30-9-12-8-13(23(27,28)29)2-4-15(12)24/h2-8,10H,9H2,1H3,(H,30,36)(H,31,35). The van der Waals surface area contributed by atoms with Crippen LogP contribution in [0.3, 0.4) is 0 Å². The summed E-state index contributed by atoms with van der Waals surface area (Å²) in [7, 11) is 0. The number of carbonyl (C=O) groups excluding carboxylic acids is 2. The van der Waals surface area contributed by atoms with Crippen LogP contribution < -0.4 is 10.6 Å². The second kappa shape index (κ2) is 9.32. The number of imidazole rings is 1. The van der Waals surface area contributed by atoms with Gasteiger partial charge in [0, 0.05) is 19.0 Å². The monoisotopic (exact) mass is 507 g/mol. The maximum atomic E-state index is 15.2. The molecule has 36 heavy (non-hydrogen) atoms. The Morgan fingerprint density at radius 2 is 1.72 bits per heavy atom. The number of rotatable bonds is 5. The Balaban J connectivity index is 1.62. The molecule has 0 spiro atoms. The molecule has 0 aliphatic rings. The van der Waals surface area contributed by atoms with Crippen LogP contribution in [0.15, 0.2) is 48.7 Å². The molecule has 0 saturated carbocycles. The summed E-state index contributed by atoms with van der Waals surface area (Å²) in [5.74, 6) is -4.67. The Bertz CT molecular complexity index is 1500. The van der Waals surface area contributed by atoms with Gasteiger partial charge in [-0.1, -0.05) is 0 Å². The largest absolute Gasteiger partial charge is 0.416 e. The first-order valence-corrected chi connectivity index (χ1v) is 10.2. The minimum Gasteiger partial charge on any atom is -0.348 e. The number of aromatic nitrogens is 3. The molecule has 0 radical (unpaired) electrons. The molecule has 4 aromatic rings. The molecule has 0 unspecified atom stereocenters. The smallest absolute Gasteiger partial charge is 0.348 e. The zero-order chi connectivity index (χ0) is 26.2. The summed E-state index contributed by atoms with van der Waals surface area (Å²) in [4.78, 5) is 27.8. The summed E-state index contributed by atoms with van der Waals surface area (Å²) >= 11 is 0. The highest BCUT2D eigenvalue weighted by Gasteiger charge is 2.31. The molecule has 0 aliphatic carbocycles. The number of anilines is 1. The van der Waals surface area contributed by atoms with Crippen LogP contribution in [0, 0.1) is 17.5 Å². The second-order valence-corrected chi connectivity index (χ2v) is 7.60. The Kier molecular flexibility index (Phi) is 6.39. The van der Waals surface area contributed by atoms with E-state index in [2.05, 4.69) is 20.7 Å². The number of carbonyl (C=O) groups is 2. The lowest BCUT2D eigenvalue weighted by atomic mass is 10.0. The predicted octanol–water partition coefficient (Wildman–Crippen LogP) is 4.72. The maximum absolute atomic E-state index is 15.2. The summed E-state index contributed by atoms with van der Waals surface area (Å²) in [5.41, 5.74) is -2.81. The number of amides is 2. The first kappa shape index (κ1) is 24.7. The van der Waals surface area contributed by atoms with E-state index in [9.17, 15) is 31.5 Å². The summed E-state index contributed by atoms with van der Waals surface area (Å²) in [6.45, 7) is 0.595. The first-order chi connectivity index (χ1) is 16.9. The van der Waals surface area contributed by atoms with Crippen LogP contribution in [-0.2, 0) is 17.5 Å². The van der Waals surface area contributed by atoms with Gasteiger partial charge in [0.05, 0.1) is 28.6 Å². The maximum Gasteiger partial charge on any atom is 0.416 e. The van der Waals surface area contributed by atoms with Gasteiger partial charge < -0.3 is 10.6 Å². The highest BCUT2D eigenvalue weighted by atomic mass is 19.4. The van der Waals surface area contributed by atoms with Crippen LogP contribution in [-0.4, -0.2) is 26.4 Å². The van der Waals surface area contributed by atoms with Crippen molar-refractivity contribution in [1.29, 1.82) is 0 Å². The molecule has 7 nitrogen and oxygen atoms in total. The number of fused-ring (bicyclic) bond motifs is 1. The van der Waals surface area contributed by atoms with Crippen molar-refractivity contribution < 1.29 is 35.9 Å². The predicted molar refractivity (Wildman–Crippen MR) is 115 cm³/mol. The number of alkyl halides is 3. The van der Waals surface area contributed by atoms with E-state index in [4.69, 9.17) is 0 Å². The third-order valence-electron chi connectivity index (χ3n) is 5.03. The second-order valence-electron chi connectivity index (χ2n) is 7.60. The van der Waals surface area contributed by atoms with Crippen LogP contribution in [0.5, 0.6) is 0 Å². The summed E-state index contributed by atoms with van der Waals surface area (Å²) in [6, 6.07) is 5.99. The quantitative estimate of drug-likeness (QED) is 0.383. The Morgan fingerprint density at radius 1 is 1.00 bits per heavy atom. The van der Waals surface area contributed by atoms with E-state index in [-0.39, 0.29) is 23.1 Å². The van der Waals surface area contributed by atoms with Crippen molar-refractivity contribution >= 4 is 23.3 Å². The highest BCUT2D eigenvalue weighted by molar-refractivity contribution is 5.95. The van der Waals surface area contributed by atoms with E-state index in [1.54, 1.807) is 0 Å². The fourth-order valence-electron chi connectivity index (χ4n) is 3.38. The van der Waals surface area contributed by atoms with Gasteiger partial charge >= 0.3 is 6.18 Å². The molecule has 2 aromatic heterocycles. The molecule has 0 fully saturated rings. The first-order valence-electron chi connectivity index (χ1n) is 10.2. The zero-order valence-corrected chi connectivity index (χ0v) is 18.3. The fourth-order valence-corrected chi connectivity index (χ4v) is 3.38. The molecule has 2 heterocycles. The molecule has 2 amide bonds. The Labute approximate surface area is 198 Å². The van der Waals surface area contributed by atoms with E-state index in [1.165, 1.54) is 29.8 Å². The third-order valence-corrected chi connectivity index (χ3v) is 5.03. The van der Waals surface area contributed by atoms with Gasteiger partial charge in [-0.15, -0.1) is 0 Å². The fraction of sp³-hybridized carbons (Fsp3) is 0.130. The van der Waals surface area contributed by atoms with Crippen molar-refractivity contribution in [2.75, 3.05) is 5.32 Å². The van der Waals surface area contributed by atoms with Crippen molar-refractivity contribution in [1.82, 2.24) is 19.9 Å². The molecule has 0 bridgehead atoms. The lowest BCUT2D eigenvalue weighted by Crippen LogP contribution is -2.25. The molecular weight excluding hydrogens is 492 g/mol. The van der Waals surface area contributed by atoms with Gasteiger partial charge in [0.2, 0.25) is 5.91 Å². The molecule has 2 aromatic carbocycles. The van der Waals surface area contributed by atoms with Crippen molar-refractivity contribution in [2.24, 2.45) is 0 Å². The van der Waals surface area contributed by atoms with Crippen LogP contribution >= 0.6 is 0 Å². The van der Waals surface area contributed by atoms with Gasteiger partial charge in [0.15, 0.2) is 11.5 Å². The number of hydrogen-bond acceptors (Lipinski definition) is 4. The van der Waals surface area contributed by atoms with Gasteiger partial charge in [-0.05, 0) is 42.5 Å². The number of nitrogens with zero attached hydrogens (tertiary/aromatic N) is 3. The molecule has 186 valence electrons. The van der Waals surface area contributed by atoms with Gasteiger partial charge in [0.1, 0.15) is 17.5 Å². The van der Waals surface area contributed by atoms with Crippen LogP contribution in [0.2, 0.25) is 0 Å². The molecule has 0 atom stereocenters. The molecule has 13 heteroatoms. The average molecular weight is 507 g/mol. The third kappa shape index (κ3) is 4.99. The molecule has 2 N–H and O–H groups in total. The zero-order valence-electron chi connectivity index (χ0n) is 18.3. The van der Waals surface area contributed by atoms with E-state index in [1.807, 2.05) is 0 Å². The van der Waals surface area contributed by atoms with Gasteiger partial charge in [-0.25, -0.2) is 22.7 Å². The normalized spacial score (nSPS) is 11.5. The Hall–Kier alpha value is -4.42. The molecule has 4 rings (SSSR count). The van der Waals surface area contributed by atoms with E-state index < -0.39 is 58.3 Å². The number of hydrogen-bond donors (Lipinski definition) is 2. The van der Waals surface area contributed by atoms with Crippen LogP contribution in [0.4, 0.5) is 32.2 Å². The number of benzene rings is 2. The number of nitrogens with one attached hydrogen (secondary N) is 2. The Morgan fingerprint density at radius 3 is 2.42 bits per heavy atom. The topological polar surface area (TPSA) is 88.4 Å². The van der Waals surface area contributed by atoms with Crippen molar-refractivity contribution in [3.8, 4) is 11.3 Å². The molecule has 0 saturated heterocycles. The lowest BCUT2D eigenvalue weighted by Gasteiger charge is -2.12. The average Bonchev–Trinajstić information content (AvgIpc) is 3.18. The van der Waals surface area contributed by atoms with Gasteiger partial charge in [-0.3, -0.25) is 9.59 Å². The van der Waals surface area contributed by atoms with E-state index in [0.29, 0.717) is 18.2 Å². The van der Waals surface area contributed by atoms with Crippen molar-refractivity contribution in [3.63, 3.8) is 0 Å². The van der Waals surface area contributed by atoms with Crippen molar-refractivity contribution in [3.05, 3.63) is 82.8 Å². The van der Waals surface area contributed by atoms with E-state index in [0.717, 1.165) is 12.1 Å². The van der Waals surface area contributed by atoms with Gasteiger partial charge in [0.25, 0.3) is 5.91 Å². The summed E-state index contributed by atoms with van der Waals surface area (Å²) in [6.07, 6.45) is -3.41. The van der Waals surface area contributed by atoms with Crippen LogP contribution in [0.1, 0.15) is 28.4 Å². The lowest BCUT2D eigenvalue weighted by molar-refractivity contribution is -0.137. The van der Waals surface area contributed by atoms with Gasteiger partial charge in [-0.2, -0.15) is 18.3 Å². The molecular formula is C23H15F6N5O2.